The van der Waals surface area contributed by atoms with E-state index in [4.69, 9.17) is 18.9 Å². The highest BCUT2D eigenvalue weighted by Gasteiger charge is 2.22. The summed E-state index contributed by atoms with van der Waals surface area (Å²) in [5.74, 6) is 1.21. The van der Waals surface area contributed by atoms with Gasteiger partial charge in [-0.15, -0.1) is 0 Å². The molecule has 0 bridgehead atoms. The monoisotopic (exact) mass is 516 g/mol. The Hall–Kier alpha value is -4.15. The summed E-state index contributed by atoms with van der Waals surface area (Å²) >= 11 is 0. The lowest BCUT2D eigenvalue weighted by Gasteiger charge is -2.26. The highest BCUT2D eigenvalue weighted by Crippen LogP contribution is 2.39. The Labute approximate surface area is 218 Å². The third kappa shape index (κ3) is 4.02. The molecule has 196 valence electrons. The third-order valence-corrected chi connectivity index (χ3v) is 7.09. The van der Waals surface area contributed by atoms with Crippen molar-refractivity contribution in [1.82, 2.24) is 19.6 Å². The summed E-state index contributed by atoms with van der Waals surface area (Å²) in [4.78, 5) is 33.1. The Bertz CT molecular complexity index is 1710. The van der Waals surface area contributed by atoms with Crippen molar-refractivity contribution in [3.8, 4) is 17.2 Å². The van der Waals surface area contributed by atoms with Gasteiger partial charge in [-0.3, -0.25) is 23.9 Å². The summed E-state index contributed by atoms with van der Waals surface area (Å²) in [7, 11) is 3.06. The smallest absolute Gasteiger partial charge is 0.267 e. The first-order valence-electron chi connectivity index (χ1n) is 12.5. The molecule has 0 aliphatic carbocycles. The van der Waals surface area contributed by atoms with Gasteiger partial charge in [0.2, 0.25) is 0 Å². The SMILES string of the molecule is COc1ccc2c(c1OC)c(=O)n1c3ccc(OCC(=O)NCCN4CCOCC4)cc3c3ccnc2c31. The maximum Gasteiger partial charge on any atom is 0.267 e. The molecule has 0 radical (unpaired) electrons. The Morgan fingerprint density at radius 1 is 1.05 bits per heavy atom. The van der Waals surface area contributed by atoms with E-state index in [-0.39, 0.29) is 18.1 Å². The molecule has 10 heteroatoms. The van der Waals surface area contributed by atoms with Crippen molar-refractivity contribution >= 4 is 44.0 Å². The maximum atomic E-state index is 13.8. The molecular weight excluding hydrogens is 488 g/mol. The van der Waals surface area contributed by atoms with E-state index in [2.05, 4.69) is 15.2 Å². The number of morpholine rings is 1. The van der Waals surface area contributed by atoms with E-state index in [0.717, 1.165) is 54.7 Å². The number of methoxy groups -OCH3 is 2. The van der Waals surface area contributed by atoms with Crippen LogP contribution in [0.5, 0.6) is 17.2 Å². The van der Waals surface area contributed by atoms with E-state index >= 15 is 0 Å². The average molecular weight is 517 g/mol. The summed E-state index contributed by atoms with van der Waals surface area (Å²) in [6, 6.07) is 11.0. The lowest BCUT2D eigenvalue weighted by atomic mass is 10.1. The second-order valence-electron chi connectivity index (χ2n) is 9.19. The quantitative estimate of drug-likeness (QED) is 0.314. The number of nitrogens with zero attached hydrogens (tertiary/aromatic N) is 3. The Kier molecular flexibility index (Phi) is 6.34. The summed E-state index contributed by atoms with van der Waals surface area (Å²) < 4.78 is 23.9. The molecule has 0 saturated carbocycles. The van der Waals surface area contributed by atoms with Crippen LogP contribution in [-0.4, -0.2) is 80.4 Å². The van der Waals surface area contributed by atoms with Crippen LogP contribution in [0.2, 0.25) is 0 Å². The third-order valence-electron chi connectivity index (χ3n) is 7.09. The molecule has 5 aromatic rings. The summed E-state index contributed by atoms with van der Waals surface area (Å²) in [6.45, 7) is 4.46. The van der Waals surface area contributed by atoms with Gasteiger partial charge in [0.1, 0.15) is 5.75 Å². The first kappa shape index (κ1) is 24.2. The van der Waals surface area contributed by atoms with E-state index in [1.54, 1.807) is 29.8 Å². The van der Waals surface area contributed by atoms with E-state index in [9.17, 15) is 9.59 Å². The van der Waals surface area contributed by atoms with Crippen LogP contribution in [0.1, 0.15) is 0 Å². The van der Waals surface area contributed by atoms with Gasteiger partial charge in [0.05, 0.1) is 49.4 Å². The zero-order valence-corrected chi connectivity index (χ0v) is 21.3. The van der Waals surface area contributed by atoms with Crippen molar-refractivity contribution in [3.05, 3.63) is 52.9 Å². The van der Waals surface area contributed by atoms with Crippen LogP contribution in [0.25, 0.3) is 38.1 Å². The fourth-order valence-corrected chi connectivity index (χ4v) is 5.27. The summed E-state index contributed by atoms with van der Waals surface area (Å²) in [5.41, 5.74) is 1.92. The van der Waals surface area contributed by atoms with Gasteiger partial charge in [0.15, 0.2) is 18.1 Å². The Morgan fingerprint density at radius 3 is 2.68 bits per heavy atom. The molecule has 4 heterocycles. The second-order valence-corrected chi connectivity index (χ2v) is 9.19. The number of nitrogens with one attached hydrogen (secondary N) is 1. The van der Waals surface area contributed by atoms with Crippen LogP contribution in [0.4, 0.5) is 0 Å². The minimum atomic E-state index is -0.218. The van der Waals surface area contributed by atoms with Gasteiger partial charge in [-0.2, -0.15) is 0 Å². The molecule has 0 spiro atoms. The molecule has 10 nitrogen and oxygen atoms in total. The van der Waals surface area contributed by atoms with E-state index in [0.29, 0.717) is 40.1 Å². The first-order chi connectivity index (χ1) is 18.6. The molecule has 3 aromatic heterocycles. The largest absolute Gasteiger partial charge is 0.493 e. The molecule has 0 atom stereocenters. The van der Waals surface area contributed by atoms with Crippen LogP contribution in [0, 0.1) is 0 Å². The van der Waals surface area contributed by atoms with Gasteiger partial charge >= 0.3 is 0 Å². The number of carbonyl (C=O) groups excluding carboxylic acids is 1. The number of pyridine rings is 2. The first-order valence-corrected chi connectivity index (χ1v) is 12.5. The van der Waals surface area contributed by atoms with Crippen molar-refractivity contribution in [3.63, 3.8) is 0 Å². The van der Waals surface area contributed by atoms with Crippen LogP contribution >= 0.6 is 0 Å². The molecule has 2 aromatic carbocycles. The molecular formula is C28H28N4O6. The number of ether oxygens (including phenoxy) is 4. The lowest BCUT2D eigenvalue weighted by molar-refractivity contribution is -0.123. The van der Waals surface area contributed by atoms with Gasteiger partial charge in [-0.1, -0.05) is 0 Å². The minimum absolute atomic E-state index is 0.0958. The zero-order valence-electron chi connectivity index (χ0n) is 21.3. The molecule has 6 rings (SSSR count). The summed E-state index contributed by atoms with van der Waals surface area (Å²) in [6.07, 6.45) is 1.73. The van der Waals surface area contributed by atoms with Gasteiger partial charge in [-0.25, -0.2) is 0 Å². The van der Waals surface area contributed by atoms with E-state index in [1.165, 1.54) is 7.11 Å². The molecule has 38 heavy (non-hydrogen) atoms. The van der Waals surface area contributed by atoms with Gasteiger partial charge in [0, 0.05) is 48.5 Å². The minimum Gasteiger partial charge on any atom is -0.493 e. The number of rotatable bonds is 8. The predicted molar refractivity (Wildman–Crippen MR) is 144 cm³/mol. The number of hydrogen-bond acceptors (Lipinski definition) is 8. The highest BCUT2D eigenvalue weighted by atomic mass is 16.5. The van der Waals surface area contributed by atoms with Gasteiger partial charge in [-0.05, 0) is 36.4 Å². The van der Waals surface area contributed by atoms with Crippen LogP contribution < -0.4 is 25.1 Å². The lowest BCUT2D eigenvalue weighted by Crippen LogP contribution is -2.42. The van der Waals surface area contributed by atoms with Gasteiger partial charge < -0.3 is 24.3 Å². The molecule has 1 aliphatic heterocycles. The van der Waals surface area contributed by atoms with Crippen LogP contribution in [-0.2, 0) is 9.53 Å². The number of hydrogen-bond donors (Lipinski definition) is 1. The number of fused-ring (bicyclic) bond motifs is 5. The molecule has 1 fully saturated rings. The summed E-state index contributed by atoms with van der Waals surface area (Å²) in [5, 5.41) is 5.72. The number of carbonyl (C=O) groups is 1. The second kappa shape index (κ2) is 9.96. The standard InChI is InChI=1S/C28H28N4O6/c1-35-22-6-4-19-24(27(22)36-2)28(34)32-21-5-3-17(15-20(21)18-7-8-30-25(19)26(18)32)38-16-23(33)29-9-10-31-11-13-37-14-12-31/h3-8,15H,9-14,16H2,1-2H3,(H,29,33). The van der Waals surface area contributed by atoms with Crippen LogP contribution in [0.3, 0.4) is 0 Å². The van der Waals surface area contributed by atoms with Crippen LogP contribution in [0.15, 0.2) is 47.4 Å². The highest BCUT2D eigenvalue weighted by molar-refractivity contribution is 6.19. The fourth-order valence-electron chi connectivity index (χ4n) is 5.27. The Morgan fingerprint density at radius 2 is 1.89 bits per heavy atom. The predicted octanol–water partition coefficient (Wildman–Crippen LogP) is 2.44. The number of benzene rings is 2. The van der Waals surface area contributed by atoms with Crippen molar-refractivity contribution in [2.24, 2.45) is 0 Å². The van der Waals surface area contributed by atoms with E-state index in [1.807, 2.05) is 24.3 Å². The number of amides is 1. The van der Waals surface area contributed by atoms with Gasteiger partial charge in [0.25, 0.3) is 11.5 Å². The zero-order chi connectivity index (χ0) is 26.2. The van der Waals surface area contributed by atoms with Crippen molar-refractivity contribution < 1.29 is 23.7 Å². The Balaban J connectivity index is 1.32. The normalized spacial score (nSPS) is 14.5. The average Bonchev–Trinajstić information content (AvgIpc) is 3.29. The van der Waals surface area contributed by atoms with E-state index < -0.39 is 0 Å². The topological polar surface area (TPSA) is 104 Å². The van der Waals surface area contributed by atoms with Crippen molar-refractivity contribution in [1.29, 1.82) is 0 Å². The molecule has 1 N–H and O–H groups in total. The number of aromatic nitrogens is 2. The van der Waals surface area contributed by atoms with Crippen molar-refractivity contribution in [2.75, 3.05) is 60.2 Å². The molecule has 1 aliphatic rings. The van der Waals surface area contributed by atoms with Crippen molar-refractivity contribution in [2.45, 2.75) is 0 Å². The molecule has 0 unspecified atom stereocenters. The molecule has 1 saturated heterocycles. The molecule has 1 amide bonds. The maximum absolute atomic E-state index is 13.8. The fraction of sp³-hybridized carbons (Fsp3) is 0.321.